The van der Waals surface area contributed by atoms with E-state index in [9.17, 15) is 5.26 Å². The maximum Gasteiger partial charge on any atom is 0.118 e. The molecule has 196 valence electrons. The third kappa shape index (κ3) is 4.30. The van der Waals surface area contributed by atoms with Gasteiger partial charge in [-0.05, 0) is 84.3 Å². The highest BCUT2D eigenvalue weighted by Crippen LogP contribution is 2.53. The lowest BCUT2D eigenvalue weighted by Gasteiger charge is -2.33. The van der Waals surface area contributed by atoms with Crippen LogP contribution in [0.1, 0.15) is 11.1 Å². The number of para-hydroxylation sites is 2. The van der Waals surface area contributed by atoms with Gasteiger partial charge >= 0.3 is 0 Å². The van der Waals surface area contributed by atoms with Gasteiger partial charge in [0.25, 0.3) is 0 Å². The molecule has 5 aromatic carbocycles. The zero-order chi connectivity index (χ0) is 27.9. The first-order valence-corrected chi connectivity index (χ1v) is 14.2. The number of rotatable bonds is 4. The van der Waals surface area contributed by atoms with Crippen LogP contribution in [0.5, 0.6) is 5.75 Å². The monoisotopic (exact) mass is 547 g/mol. The van der Waals surface area contributed by atoms with Crippen molar-refractivity contribution in [1.82, 2.24) is 4.98 Å². The van der Waals surface area contributed by atoms with Gasteiger partial charge in [0, 0.05) is 20.7 Å². The van der Waals surface area contributed by atoms with Crippen LogP contribution in [0.2, 0.25) is 0 Å². The molecule has 0 unspecified atom stereocenters. The number of fused-ring (bicyclic) bond motifs is 3. The van der Waals surface area contributed by atoms with Crippen LogP contribution in [0, 0.1) is 18.3 Å². The standard InChI is InChI=1S/C36H25N3OS/c1-23-11-20-32(39-30-7-3-5-9-33(30)41-34-10-6-4-8-31(34)39)36-35(23)28(25-16-18-27(40-2)19-17-25)21-29(38-36)26-14-12-24(22-37)13-15-26/h3-21H,1-2H3. The number of hydrogen-bond donors (Lipinski definition) is 0. The lowest BCUT2D eigenvalue weighted by atomic mass is 9.94. The third-order valence-corrected chi connectivity index (χ3v) is 8.66. The van der Waals surface area contributed by atoms with Crippen LogP contribution < -0.4 is 9.64 Å². The van der Waals surface area contributed by atoms with Crippen molar-refractivity contribution < 1.29 is 4.74 Å². The number of aromatic nitrogens is 1. The zero-order valence-electron chi connectivity index (χ0n) is 22.6. The number of nitriles is 1. The SMILES string of the molecule is COc1ccc(-c2cc(-c3ccc(C#N)cc3)nc3c(N4c5ccccc5Sc5ccccc54)ccc(C)c23)cc1. The van der Waals surface area contributed by atoms with Crippen LogP contribution in [0.3, 0.4) is 0 Å². The second kappa shape index (κ2) is 10.2. The molecule has 0 spiro atoms. The summed E-state index contributed by atoms with van der Waals surface area (Å²) in [4.78, 5) is 10.1. The Morgan fingerprint density at radius 3 is 2.00 bits per heavy atom. The summed E-state index contributed by atoms with van der Waals surface area (Å²) in [6.45, 7) is 2.15. The predicted molar refractivity (Wildman–Crippen MR) is 167 cm³/mol. The van der Waals surface area contributed by atoms with Gasteiger partial charge in [-0.1, -0.05) is 66.4 Å². The summed E-state index contributed by atoms with van der Waals surface area (Å²) in [6, 6.07) is 41.7. The van der Waals surface area contributed by atoms with E-state index in [1.165, 1.54) is 9.79 Å². The number of anilines is 3. The van der Waals surface area contributed by atoms with E-state index in [-0.39, 0.29) is 0 Å². The van der Waals surface area contributed by atoms with Gasteiger partial charge in [-0.15, -0.1) is 0 Å². The van der Waals surface area contributed by atoms with Crippen molar-refractivity contribution in [1.29, 1.82) is 5.26 Å². The van der Waals surface area contributed by atoms with Gasteiger partial charge < -0.3 is 9.64 Å². The maximum absolute atomic E-state index is 9.36. The Kier molecular flexibility index (Phi) is 6.19. The highest BCUT2D eigenvalue weighted by molar-refractivity contribution is 7.99. The third-order valence-electron chi connectivity index (χ3n) is 7.53. The topological polar surface area (TPSA) is 49.1 Å². The number of aryl methyl sites for hydroxylation is 1. The molecule has 6 aromatic rings. The van der Waals surface area contributed by atoms with E-state index in [0.717, 1.165) is 61.7 Å². The number of pyridine rings is 1. The zero-order valence-corrected chi connectivity index (χ0v) is 23.4. The molecule has 0 aliphatic carbocycles. The fraction of sp³-hybridized carbons (Fsp3) is 0.0556. The molecule has 0 saturated carbocycles. The van der Waals surface area contributed by atoms with Crippen molar-refractivity contribution in [3.8, 4) is 34.2 Å². The summed E-state index contributed by atoms with van der Waals surface area (Å²) >= 11 is 1.80. The van der Waals surface area contributed by atoms with Crippen LogP contribution in [0.15, 0.2) is 125 Å². The molecule has 1 aliphatic rings. The number of benzene rings is 5. The molecule has 1 aliphatic heterocycles. The van der Waals surface area contributed by atoms with Gasteiger partial charge in [-0.25, -0.2) is 4.98 Å². The van der Waals surface area contributed by atoms with Gasteiger partial charge in [0.15, 0.2) is 0 Å². The van der Waals surface area contributed by atoms with E-state index in [1.54, 1.807) is 18.9 Å². The van der Waals surface area contributed by atoms with Crippen LogP contribution in [0.4, 0.5) is 17.1 Å². The van der Waals surface area contributed by atoms with Crippen LogP contribution in [0.25, 0.3) is 33.3 Å². The molecule has 0 bridgehead atoms. The highest BCUT2D eigenvalue weighted by Gasteiger charge is 2.27. The van der Waals surface area contributed by atoms with Crippen LogP contribution in [-0.4, -0.2) is 12.1 Å². The molecule has 5 heteroatoms. The Morgan fingerprint density at radius 1 is 0.732 bits per heavy atom. The maximum atomic E-state index is 9.36. The predicted octanol–water partition coefficient (Wildman–Crippen LogP) is 9.69. The number of methoxy groups -OCH3 is 1. The molecule has 0 fully saturated rings. The van der Waals surface area contributed by atoms with E-state index < -0.39 is 0 Å². The molecule has 0 amide bonds. The van der Waals surface area contributed by atoms with Crippen molar-refractivity contribution in [3.63, 3.8) is 0 Å². The molecule has 7 rings (SSSR count). The molecule has 41 heavy (non-hydrogen) atoms. The average molecular weight is 548 g/mol. The van der Waals surface area contributed by atoms with Gasteiger partial charge in [-0.2, -0.15) is 5.26 Å². The largest absolute Gasteiger partial charge is 0.497 e. The number of hydrogen-bond acceptors (Lipinski definition) is 5. The smallest absolute Gasteiger partial charge is 0.118 e. The molecule has 0 atom stereocenters. The summed E-state index contributed by atoms with van der Waals surface area (Å²) < 4.78 is 5.45. The van der Waals surface area contributed by atoms with Crippen LogP contribution in [-0.2, 0) is 0 Å². The lowest BCUT2D eigenvalue weighted by Crippen LogP contribution is -2.15. The van der Waals surface area contributed by atoms with Crippen molar-refractivity contribution in [2.75, 3.05) is 12.0 Å². The summed E-state index contributed by atoms with van der Waals surface area (Å²) in [5.74, 6) is 0.816. The van der Waals surface area contributed by atoms with E-state index in [0.29, 0.717) is 5.56 Å². The van der Waals surface area contributed by atoms with Crippen molar-refractivity contribution >= 4 is 39.7 Å². The van der Waals surface area contributed by atoms with Gasteiger partial charge in [-0.3, -0.25) is 0 Å². The molecule has 2 heterocycles. The van der Waals surface area contributed by atoms with E-state index >= 15 is 0 Å². The Balaban J connectivity index is 1.55. The average Bonchev–Trinajstić information content (AvgIpc) is 3.03. The summed E-state index contributed by atoms with van der Waals surface area (Å²) in [5.41, 5.74) is 10.0. The normalized spacial score (nSPS) is 12.0. The van der Waals surface area contributed by atoms with Crippen molar-refractivity contribution in [2.24, 2.45) is 0 Å². The first-order valence-electron chi connectivity index (χ1n) is 13.4. The molecule has 0 radical (unpaired) electrons. The Morgan fingerprint density at radius 2 is 1.37 bits per heavy atom. The minimum Gasteiger partial charge on any atom is -0.497 e. The summed E-state index contributed by atoms with van der Waals surface area (Å²) in [7, 11) is 1.68. The summed E-state index contributed by atoms with van der Waals surface area (Å²) in [6.07, 6.45) is 0. The van der Waals surface area contributed by atoms with E-state index in [4.69, 9.17) is 9.72 Å². The first kappa shape index (κ1) is 25.0. The van der Waals surface area contributed by atoms with Gasteiger partial charge in [0.1, 0.15) is 5.75 Å². The van der Waals surface area contributed by atoms with Crippen molar-refractivity contribution in [2.45, 2.75) is 16.7 Å². The van der Waals surface area contributed by atoms with Crippen molar-refractivity contribution in [3.05, 3.63) is 126 Å². The molecule has 0 N–H and O–H groups in total. The minimum atomic E-state index is 0.625. The Hall–Kier alpha value is -5.05. The number of ether oxygens (including phenoxy) is 1. The quantitative estimate of drug-likeness (QED) is 0.220. The van der Waals surface area contributed by atoms with E-state index in [2.05, 4.69) is 96.8 Å². The fourth-order valence-corrected chi connectivity index (χ4v) is 6.56. The molecular formula is C36H25N3OS. The second-order valence-corrected chi connectivity index (χ2v) is 11.1. The van der Waals surface area contributed by atoms with Crippen LogP contribution >= 0.6 is 11.8 Å². The van der Waals surface area contributed by atoms with Gasteiger partial charge in [0.2, 0.25) is 0 Å². The Labute approximate surface area is 243 Å². The highest BCUT2D eigenvalue weighted by atomic mass is 32.2. The molecular weight excluding hydrogens is 522 g/mol. The summed E-state index contributed by atoms with van der Waals surface area (Å²) in [5, 5.41) is 10.5. The Bertz CT molecular complexity index is 1930. The molecule has 0 saturated heterocycles. The fourth-order valence-electron chi connectivity index (χ4n) is 5.50. The number of nitrogens with zero attached hydrogens (tertiary/aromatic N) is 3. The molecule has 1 aromatic heterocycles. The molecule has 4 nitrogen and oxygen atoms in total. The minimum absolute atomic E-state index is 0.625. The lowest BCUT2D eigenvalue weighted by molar-refractivity contribution is 0.415. The second-order valence-electron chi connectivity index (χ2n) is 9.97. The first-order chi connectivity index (χ1) is 20.1. The van der Waals surface area contributed by atoms with Gasteiger partial charge in [0.05, 0.1) is 47.0 Å². The van der Waals surface area contributed by atoms with E-state index in [1.807, 2.05) is 36.4 Å².